The Bertz CT molecular complexity index is 499. The van der Waals surface area contributed by atoms with Gasteiger partial charge in [-0.15, -0.1) is 0 Å². The highest BCUT2D eigenvalue weighted by Crippen LogP contribution is 2.20. The first-order valence-electron chi connectivity index (χ1n) is 7.49. The van der Waals surface area contributed by atoms with Crippen molar-refractivity contribution in [3.8, 4) is 0 Å². The summed E-state index contributed by atoms with van der Waals surface area (Å²) >= 11 is 3.31. The normalized spacial score (nSPS) is 18.5. The van der Waals surface area contributed by atoms with Gasteiger partial charge in [-0.1, -0.05) is 6.07 Å². The molecule has 0 unspecified atom stereocenters. The third-order valence-corrected chi connectivity index (χ3v) is 3.82. The van der Waals surface area contributed by atoms with E-state index in [1.807, 2.05) is 32.9 Å². The highest BCUT2D eigenvalue weighted by molar-refractivity contribution is 9.10. The van der Waals surface area contributed by atoms with Gasteiger partial charge in [-0.3, -0.25) is 0 Å². The van der Waals surface area contributed by atoms with Crippen molar-refractivity contribution in [2.45, 2.75) is 39.4 Å². The second kappa shape index (κ2) is 7.42. The maximum absolute atomic E-state index is 12.0. The van der Waals surface area contributed by atoms with Crippen molar-refractivity contribution in [2.75, 3.05) is 19.7 Å². The van der Waals surface area contributed by atoms with Gasteiger partial charge in [-0.25, -0.2) is 9.78 Å². The first kappa shape index (κ1) is 17.2. The van der Waals surface area contributed by atoms with Crippen molar-refractivity contribution in [1.82, 2.24) is 9.88 Å². The van der Waals surface area contributed by atoms with Crippen LogP contribution in [0, 0.1) is 5.92 Å². The molecule has 1 amide bonds. The second-order valence-electron chi connectivity index (χ2n) is 6.59. The van der Waals surface area contributed by atoms with E-state index in [1.165, 1.54) is 0 Å². The summed E-state index contributed by atoms with van der Waals surface area (Å²) in [5, 5.41) is 0. The molecule has 0 spiro atoms. The SMILES string of the molecule is CC(C)(C)OC(=O)N1CC[C@@H](COCc2ccc(Br)nc2)C1. The minimum atomic E-state index is -0.444. The lowest BCUT2D eigenvalue weighted by atomic mass is 10.1. The number of hydrogen-bond donors (Lipinski definition) is 0. The van der Waals surface area contributed by atoms with Crippen LogP contribution in [0.25, 0.3) is 0 Å². The molecule has 5 nitrogen and oxygen atoms in total. The molecule has 0 radical (unpaired) electrons. The molecule has 0 aromatic carbocycles. The molecule has 2 rings (SSSR count). The highest BCUT2D eigenvalue weighted by atomic mass is 79.9. The minimum absolute atomic E-state index is 0.230. The van der Waals surface area contributed by atoms with Crippen LogP contribution in [-0.2, 0) is 16.1 Å². The molecule has 0 aliphatic carbocycles. The highest BCUT2D eigenvalue weighted by Gasteiger charge is 2.29. The zero-order valence-electron chi connectivity index (χ0n) is 13.3. The van der Waals surface area contributed by atoms with Crippen LogP contribution in [0.4, 0.5) is 4.79 Å². The van der Waals surface area contributed by atoms with E-state index in [1.54, 1.807) is 11.1 Å². The topological polar surface area (TPSA) is 51.7 Å². The number of carbonyl (C=O) groups excluding carboxylic acids is 1. The summed E-state index contributed by atoms with van der Waals surface area (Å²) < 4.78 is 11.9. The average Bonchev–Trinajstić information content (AvgIpc) is 2.88. The Hall–Kier alpha value is -1.14. The molecular weight excluding hydrogens is 348 g/mol. The molecular formula is C16H23BrN2O3. The van der Waals surface area contributed by atoms with E-state index >= 15 is 0 Å². The monoisotopic (exact) mass is 370 g/mol. The summed E-state index contributed by atoms with van der Waals surface area (Å²) in [6, 6.07) is 3.89. The molecule has 1 aliphatic rings. The molecule has 0 bridgehead atoms. The fourth-order valence-electron chi connectivity index (χ4n) is 2.30. The van der Waals surface area contributed by atoms with Gasteiger partial charge >= 0.3 is 6.09 Å². The van der Waals surface area contributed by atoms with E-state index in [4.69, 9.17) is 9.47 Å². The Morgan fingerprint density at radius 2 is 2.23 bits per heavy atom. The van der Waals surface area contributed by atoms with Crippen LogP contribution in [0.3, 0.4) is 0 Å². The van der Waals surface area contributed by atoms with Crippen molar-refractivity contribution in [2.24, 2.45) is 5.92 Å². The summed E-state index contributed by atoms with van der Waals surface area (Å²) in [7, 11) is 0. The quantitative estimate of drug-likeness (QED) is 0.759. The fourth-order valence-corrected chi connectivity index (χ4v) is 2.53. The fraction of sp³-hybridized carbons (Fsp3) is 0.625. The van der Waals surface area contributed by atoms with Crippen LogP contribution in [0.1, 0.15) is 32.8 Å². The Balaban J connectivity index is 1.70. The Labute approximate surface area is 140 Å². The lowest BCUT2D eigenvalue weighted by molar-refractivity contribution is 0.0271. The standard InChI is InChI=1S/C16H23BrN2O3/c1-16(2,3)22-15(20)19-7-6-13(9-19)11-21-10-12-4-5-14(17)18-8-12/h4-5,8,13H,6-7,9-11H2,1-3H3/t13-/m1/s1. The Kier molecular flexibility index (Phi) is 5.81. The van der Waals surface area contributed by atoms with Gasteiger partial charge in [0.1, 0.15) is 10.2 Å². The third-order valence-electron chi connectivity index (χ3n) is 3.35. The molecule has 0 N–H and O–H groups in total. The number of rotatable bonds is 4. The van der Waals surface area contributed by atoms with Gasteiger partial charge in [-0.2, -0.15) is 0 Å². The van der Waals surface area contributed by atoms with Crippen molar-refractivity contribution >= 4 is 22.0 Å². The zero-order chi connectivity index (χ0) is 16.2. The van der Waals surface area contributed by atoms with Gasteiger partial charge in [-0.05, 0) is 54.8 Å². The summed E-state index contributed by atoms with van der Waals surface area (Å²) in [6.07, 6.45) is 2.52. The van der Waals surface area contributed by atoms with Gasteiger partial charge in [0.15, 0.2) is 0 Å². The van der Waals surface area contributed by atoms with Crippen molar-refractivity contribution in [3.63, 3.8) is 0 Å². The van der Waals surface area contributed by atoms with E-state index in [2.05, 4.69) is 20.9 Å². The largest absolute Gasteiger partial charge is 0.444 e. The summed E-state index contributed by atoms with van der Waals surface area (Å²) in [6.45, 7) is 8.28. The smallest absolute Gasteiger partial charge is 0.410 e. The van der Waals surface area contributed by atoms with Crippen LogP contribution in [0.15, 0.2) is 22.9 Å². The number of ether oxygens (including phenoxy) is 2. The van der Waals surface area contributed by atoms with Gasteiger partial charge in [0.05, 0.1) is 13.2 Å². The number of aromatic nitrogens is 1. The van der Waals surface area contributed by atoms with Crippen molar-refractivity contribution < 1.29 is 14.3 Å². The summed E-state index contributed by atoms with van der Waals surface area (Å²) in [5.74, 6) is 0.371. The number of likely N-dealkylation sites (tertiary alicyclic amines) is 1. The first-order valence-corrected chi connectivity index (χ1v) is 8.29. The van der Waals surface area contributed by atoms with Gasteiger partial charge in [0, 0.05) is 25.2 Å². The first-order chi connectivity index (χ1) is 10.3. The van der Waals surface area contributed by atoms with Crippen LogP contribution in [0.5, 0.6) is 0 Å². The molecule has 122 valence electrons. The molecule has 1 fully saturated rings. The molecule has 2 heterocycles. The zero-order valence-corrected chi connectivity index (χ0v) is 14.9. The maximum atomic E-state index is 12.0. The van der Waals surface area contributed by atoms with Gasteiger partial charge < -0.3 is 14.4 Å². The Morgan fingerprint density at radius 3 is 2.86 bits per heavy atom. The molecule has 1 saturated heterocycles. The van der Waals surface area contributed by atoms with Crippen LogP contribution < -0.4 is 0 Å². The van der Waals surface area contributed by atoms with E-state index in [9.17, 15) is 4.79 Å². The van der Waals surface area contributed by atoms with E-state index in [0.29, 0.717) is 25.7 Å². The summed E-state index contributed by atoms with van der Waals surface area (Å²) in [4.78, 5) is 17.9. The predicted molar refractivity (Wildman–Crippen MR) is 87.5 cm³/mol. The molecule has 6 heteroatoms. The molecule has 0 saturated carbocycles. The van der Waals surface area contributed by atoms with Gasteiger partial charge in [0.2, 0.25) is 0 Å². The van der Waals surface area contributed by atoms with Gasteiger partial charge in [0.25, 0.3) is 0 Å². The van der Waals surface area contributed by atoms with E-state index in [0.717, 1.165) is 23.1 Å². The predicted octanol–water partition coefficient (Wildman–Crippen LogP) is 3.62. The minimum Gasteiger partial charge on any atom is -0.444 e. The van der Waals surface area contributed by atoms with E-state index in [-0.39, 0.29) is 6.09 Å². The van der Waals surface area contributed by atoms with E-state index < -0.39 is 5.60 Å². The number of halogens is 1. The molecule has 1 aromatic heterocycles. The molecule has 1 aromatic rings. The molecule has 1 atom stereocenters. The number of amides is 1. The van der Waals surface area contributed by atoms with Crippen LogP contribution in [-0.4, -0.2) is 41.3 Å². The number of hydrogen-bond acceptors (Lipinski definition) is 4. The summed E-state index contributed by atoms with van der Waals surface area (Å²) in [5.41, 5.74) is 0.602. The average molecular weight is 371 g/mol. The molecule has 1 aliphatic heterocycles. The number of nitrogens with zero attached hydrogens (tertiary/aromatic N) is 2. The maximum Gasteiger partial charge on any atom is 0.410 e. The van der Waals surface area contributed by atoms with Crippen LogP contribution in [0.2, 0.25) is 0 Å². The van der Waals surface area contributed by atoms with Crippen LogP contribution >= 0.6 is 15.9 Å². The third kappa shape index (κ3) is 5.57. The number of carbonyl (C=O) groups is 1. The van der Waals surface area contributed by atoms with Crippen molar-refractivity contribution in [1.29, 1.82) is 0 Å². The molecule has 22 heavy (non-hydrogen) atoms. The lowest BCUT2D eigenvalue weighted by Crippen LogP contribution is -2.35. The lowest BCUT2D eigenvalue weighted by Gasteiger charge is -2.24. The van der Waals surface area contributed by atoms with Crippen molar-refractivity contribution in [3.05, 3.63) is 28.5 Å². The second-order valence-corrected chi connectivity index (χ2v) is 7.40. The Morgan fingerprint density at radius 1 is 1.45 bits per heavy atom. The number of pyridine rings is 1.